The molecule has 0 bridgehead atoms. The highest BCUT2D eigenvalue weighted by molar-refractivity contribution is 7.08. The van der Waals surface area contributed by atoms with Crippen LogP contribution in [-0.2, 0) is 25.6 Å². The Morgan fingerprint density at radius 2 is 1.92 bits per heavy atom. The molecule has 3 N–H and O–H groups in total. The van der Waals surface area contributed by atoms with Crippen molar-refractivity contribution >= 4 is 39.1 Å². The molecule has 2 aliphatic rings. The van der Waals surface area contributed by atoms with E-state index in [1.165, 1.54) is 6.33 Å². The molecule has 13 heteroatoms. The summed E-state index contributed by atoms with van der Waals surface area (Å²) in [7, 11) is 1.87. The number of anilines is 1. The molecule has 0 unspecified atom stereocenters. The van der Waals surface area contributed by atoms with Crippen LogP contribution in [0.3, 0.4) is 0 Å². The Hall–Kier alpha value is -5.56. The zero-order valence-electron chi connectivity index (χ0n) is 26.5. The summed E-state index contributed by atoms with van der Waals surface area (Å²) in [6, 6.07) is 13.2. The summed E-state index contributed by atoms with van der Waals surface area (Å²) in [6.45, 7) is 4.12. The molecule has 0 radical (unpaired) electrons. The van der Waals surface area contributed by atoms with E-state index in [1.54, 1.807) is 33.0 Å². The van der Waals surface area contributed by atoms with Crippen molar-refractivity contribution in [1.82, 2.24) is 39.1 Å². The maximum atomic E-state index is 14.9. The first-order valence-electron chi connectivity index (χ1n) is 15.7. The minimum atomic E-state index is -0.520. The summed E-state index contributed by atoms with van der Waals surface area (Å²) in [5.41, 5.74) is 11.4. The molecule has 1 saturated carbocycles. The van der Waals surface area contributed by atoms with Crippen LogP contribution >= 0.6 is 11.3 Å². The molecule has 0 saturated heterocycles. The number of benzene rings is 2. The number of aryl methyl sites for hydroxylation is 1. The number of aromatic hydroxyl groups is 1. The number of nitrogens with zero attached hydrogens (tertiary/aromatic N) is 8. The molecule has 1 aliphatic heterocycles. The maximum Gasteiger partial charge on any atom is 0.262 e. The van der Waals surface area contributed by atoms with E-state index in [2.05, 4.69) is 26.5 Å². The third kappa shape index (κ3) is 4.13. The van der Waals surface area contributed by atoms with Crippen LogP contribution < -0.4 is 16.0 Å². The summed E-state index contributed by atoms with van der Waals surface area (Å²) in [5, 5.41) is 25.4. The molecule has 6 heterocycles. The SMILES string of the molecule is Cn1nccc1-c1cccc2nc(Cn3nc(-c4ccc(O)c5c4CC(C)(C)O5)c4c(N)ncnc43)n(C3(c4ccsc4)CC3)c(=O)c12. The fourth-order valence-electron chi connectivity index (χ4n) is 7.29. The van der Waals surface area contributed by atoms with Crippen molar-refractivity contribution in [3.8, 4) is 34.0 Å². The lowest BCUT2D eigenvalue weighted by Crippen LogP contribution is -2.36. The lowest BCUT2D eigenvalue weighted by molar-refractivity contribution is 0.134. The molecular formula is C35H31N9O3S. The predicted molar refractivity (Wildman–Crippen MR) is 183 cm³/mol. The van der Waals surface area contributed by atoms with Crippen molar-refractivity contribution in [2.24, 2.45) is 7.05 Å². The van der Waals surface area contributed by atoms with Gasteiger partial charge < -0.3 is 15.6 Å². The molecule has 1 aliphatic carbocycles. The number of rotatable bonds is 6. The van der Waals surface area contributed by atoms with Crippen LogP contribution in [0.2, 0.25) is 0 Å². The van der Waals surface area contributed by atoms with Gasteiger partial charge in [0, 0.05) is 36.4 Å². The molecule has 0 atom stereocenters. The van der Waals surface area contributed by atoms with Crippen molar-refractivity contribution in [1.29, 1.82) is 0 Å². The summed E-state index contributed by atoms with van der Waals surface area (Å²) < 4.78 is 11.5. The minimum absolute atomic E-state index is 0.0744. The van der Waals surface area contributed by atoms with Crippen LogP contribution in [0.4, 0.5) is 5.82 Å². The third-order valence-electron chi connectivity index (χ3n) is 9.60. The molecule has 5 aromatic heterocycles. The Morgan fingerprint density at radius 3 is 2.67 bits per heavy atom. The molecule has 9 rings (SSSR count). The molecular weight excluding hydrogens is 627 g/mol. The molecule has 0 amide bonds. The number of hydrogen-bond acceptors (Lipinski definition) is 10. The van der Waals surface area contributed by atoms with Crippen molar-refractivity contribution < 1.29 is 9.84 Å². The van der Waals surface area contributed by atoms with Gasteiger partial charge in [0.2, 0.25) is 0 Å². The Kier molecular flexibility index (Phi) is 5.95. The van der Waals surface area contributed by atoms with Gasteiger partial charge in [-0.2, -0.15) is 21.5 Å². The fourth-order valence-corrected chi connectivity index (χ4v) is 8.04. The van der Waals surface area contributed by atoms with Crippen LogP contribution in [0.1, 0.15) is 43.6 Å². The molecule has 240 valence electrons. The number of ether oxygens (including phenoxy) is 1. The summed E-state index contributed by atoms with van der Waals surface area (Å²) in [5.74, 6) is 1.36. The number of thiophene rings is 1. The first kappa shape index (κ1) is 28.6. The summed E-state index contributed by atoms with van der Waals surface area (Å²) in [4.78, 5) is 29.0. The standard InChI is InChI=1S/C35H31N9O3S/c1-34(2)15-22-20(7-8-25(45)30(22)47-34)29-28-31(36)37-18-38-32(28)43(41-29)16-26-40-23-6-4-5-21(24-9-13-39-42(24)3)27(23)33(46)44(26)35(11-12-35)19-10-14-48-17-19/h4-10,13-14,17-18,45H,11-12,15-16H2,1-3H3,(H2,36,37,38). The van der Waals surface area contributed by atoms with E-state index in [0.29, 0.717) is 45.6 Å². The highest BCUT2D eigenvalue weighted by Gasteiger charge is 2.49. The normalized spacial score (nSPS) is 16.0. The van der Waals surface area contributed by atoms with Gasteiger partial charge in [-0.15, -0.1) is 0 Å². The highest BCUT2D eigenvalue weighted by atomic mass is 32.1. The second-order valence-corrected chi connectivity index (χ2v) is 14.0. The van der Waals surface area contributed by atoms with Gasteiger partial charge in [-0.05, 0) is 73.3 Å². The number of hydrogen-bond donors (Lipinski definition) is 2. The van der Waals surface area contributed by atoms with Crippen LogP contribution in [0, 0.1) is 0 Å². The number of phenolic OH excluding ortho intramolecular Hbond substituents is 1. The Bertz CT molecular complexity index is 2490. The van der Waals surface area contributed by atoms with Gasteiger partial charge in [-0.1, -0.05) is 12.1 Å². The van der Waals surface area contributed by atoms with Crippen molar-refractivity contribution in [3.05, 3.63) is 93.1 Å². The molecule has 1 fully saturated rings. The van der Waals surface area contributed by atoms with E-state index in [0.717, 1.165) is 40.8 Å². The van der Waals surface area contributed by atoms with Gasteiger partial charge in [-0.3, -0.25) is 14.0 Å². The minimum Gasteiger partial charge on any atom is -0.504 e. The highest BCUT2D eigenvalue weighted by Crippen LogP contribution is 2.50. The largest absolute Gasteiger partial charge is 0.504 e. The monoisotopic (exact) mass is 657 g/mol. The zero-order valence-corrected chi connectivity index (χ0v) is 27.3. The quantitative estimate of drug-likeness (QED) is 0.244. The van der Waals surface area contributed by atoms with Crippen molar-refractivity contribution in [2.75, 3.05) is 5.73 Å². The molecule has 0 spiro atoms. The van der Waals surface area contributed by atoms with Gasteiger partial charge in [0.1, 0.15) is 35.8 Å². The van der Waals surface area contributed by atoms with Crippen LogP contribution in [0.5, 0.6) is 11.5 Å². The van der Waals surface area contributed by atoms with Gasteiger partial charge in [0.25, 0.3) is 5.56 Å². The average Bonchev–Trinajstić information content (AvgIpc) is 3.46. The molecule has 7 aromatic rings. The van der Waals surface area contributed by atoms with Gasteiger partial charge >= 0.3 is 0 Å². The summed E-state index contributed by atoms with van der Waals surface area (Å²) >= 11 is 1.61. The van der Waals surface area contributed by atoms with Gasteiger partial charge in [0.15, 0.2) is 17.1 Å². The van der Waals surface area contributed by atoms with Gasteiger partial charge in [0.05, 0.1) is 27.5 Å². The van der Waals surface area contributed by atoms with E-state index < -0.39 is 11.1 Å². The smallest absolute Gasteiger partial charge is 0.262 e. The first-order valence-corrected chi connectivity index (χ1v) is 16.7. The van der Waals surface area contributed by atoms with Crippen molar-refractivity contribution in [3.63, 3.8) is 0 Å². The van der Waals surface area contributed by atoms with E-state index in [4.69, 9.17) is 20.6 Å². The Balaban J connectivity index is 1.28. The maximum absolute atomic E-state index is 14.9. The third-order valence-corrected chi connectivity index (χ3v) is 10.3. The van der Waals surface area contributed by atoms with Crippen molar-refractivity contribution in [2.45, 2.75) is 50.8 Å². The van der Waals surface area contributed by atoms with E-state index in [9.17, 15) is 9.90 Å². The van der Waals surface area contributed by atoms with E-state index >= 15 is 0 Å². The lowest BCUT2D eigenvalue weighted by atomic mass is 9.95. The number of fused-ring (bicyclic) bond motifs is 3. The van der Waals surface area contributed by atoms with E-state index in [1.807, 2.05) is 61.2 Å². The molecule has 12 nitrogen and oxygen atoms in total. The predicted octanol–water partition coefficient (Wildman–Crippen LogP) is 5.25. The Labute approximate surface area is 278 Å². The first-order chi connectivity index (χ1) is 23.1. The fraction of sp³-hybridized carbons (Fsp3) is 0.257. The van der Waals surface area contributed by atoms with Crippen LogP contribution in [-0.4, -0.2) is 49.8 Å². The van der Waals surface area contributed by atoms with Gasteiger partial charge in [-0.25, -0.2) is 19.6 Å². The van der Waals surface area contributed by atoms with Crippen LogP contribution in [0.15, 0.2) is 70.5 Å². The second kappa shape index (κ2) is 9.97. The zero-order chi connectivity index (χ0) is 32.9. The number of nitrogen functional groups attached to an aromatic ring is 1. The topological polar surface area (TPSA) is 152 Å². The number of phenols is 1. The molecule has 2 aromatic carbocycles. The van der Waals surface area contributed by atoms with Crippen LogP contribution in [0.25, 0.3) is 44.5 Å². The number of nitrogens with two attached hydrogens (primary N) is 1. The molecule has 48 heavy (non-hydrogen) atoms. The Morgan fingerprint density at radius 1 is 1.06 bits per heavy atom. The number of aromatic nitrogens is 8. The van der Waals surface area contributed by atoms with E-state index in [-0.39, 0.29) is 23.7 Å². The average molecular weight is 658 g/mol. The lowest BCUT2D eigenvalue weighted by Gasteiger charge is -2.23. The second-order valence-electron chi connectivity index (χ2n) is 13.2. The summed E-state index contributed by atoms with van der Waals surface area (Å²) in [6.07, 6.45) is 5.34.